The highest BCUT2D eigenvalue weighted by atomic mass is 35.5. The van der Waals surface area contributed by atoms with E-state index >= 15 is 0 Å². The third-order valence-corrected chi connectivity index (χ3v) is 1.06. The van der Waals surface area contributed by atoms with Gasteiger partial charge in [-0.05, 0) is 17.7 Å². The van der Waals surface area contributed by atoms with E-state index in [1.807, 2.05) is 0 Å². The van der Waals surface area contributed by atoms with Crippen molar-refractivity contribution in [1.29, 1.82) is 0 Å². The Morgan fingerprint density at radius 2 is 2.30 bits per heavy atom. The summed E-state index contributed by atoms with van der Waals surface area (Å²) in [5.41, 5.74) is 0. The van der Waals surface area contributed by atoms with Gasteiger partial charge in [0.15, 0.2) is 5.76 Å². The lowest BCUT2D eigenvalue weighted by atomic mass is 10.5. The molecule has 1 heterocycles. The fourth-order valence-electron chi connectivity index (χ4n) is 0.482. The van der Waals surface area contributed by atoms with Gasteiger partial charge in [0, 0.05) is 11.2 Å². The van der Waals surface area contributed by atoms with Gasteiger partial charge in [-0.1, -0.05) is 0 Å². The van der Waals surface area contributed by atoms with Gasteiger partial charge in [0.25, 0.3) is 11.1 Å². The molecule has 0 saturated carbocycles. The zero-order chi connectivity index (χ0) is 7.56. The van der Waals surface area contributed by atoms with Crippen LogP contribution in [0.1, 0.15) is 10.6 Å². The minimum Gasteiger partial charge on any atom is -0.431 e. The molecule has 4 nitrogen and oxygen atoms in total. The Morgan fingerprint density at radius 3 is 2.60 bits per heavy atom. The summed E-state index contributed by atoms with van der Waals surface area (Å²) in [6.45, 7) is 0. The SMILES string of the molecule is O=Nc1ccc(C(=O)Cl)o1. The number of halogens is 1. The Labute approximate surface area is 60.8 Å². The lowest BCUT2D eigenvalue weighted by molar-refractivity contribution is 0.105. The van der Waals surface area contributed by atoms with Crippen molar-refractivity contribution in [3.63, 3.8) is 0 Å². The molecular formula is C5H2ClNO3. The maximum Gasteiger partial charge on any atom is 0.287 e. The van der Waals surface area contributed by atoms with Crippen molar-refractivity contribution in [2.75, 3.05) is 0 Å². The summed E-state index contributed by atoms with van der Waals surface area (Å²) >= 11 is 5.00. The number of nitrogens with zero attached hydrogens (tertiary/aromatic N) is 1. The number of hydrogen-bond donors (Lipinski definition) is 0. The first-order valence-corrected chi connectivity index (χ1v) is 2.75. The molecule has 5 heteroatoms. The molecule has 0 aromatic carbocycles. The molecule has 0 bridgehead atoms. The maximum absolute atomic E-state index is 10.3. The molecule has 0 atom stereocenters. The number of furan rings is 1. The third-order valence-electron chi connectivity index (χ3n) is 0.876. The minimum atomic E-state index is -0.741. The van der Waals surface area contributed by atoms with Crippen LogP contribution in [-0.4, -0.2) is 5.24 Å². The van der Waals surface area contributed by atoms with E-state index in [9.17, 15) is 9.70 Å². The Balaban J connectivity index is 2.98. The maximum atomic E-state index is 10.3. The van der Waals surface area contributed by atoms with Gasteiger partial charge in [-0.15, -0.1) is 4.91 Å². The topological polar surface area (TPSA) is 59.6 Å². The van der Waals surface area contributed by atoms with Crippen molar-refractivity contribution in [3.05, 3.63) is 22.8 Å². The molecule has 1 aromatic rings. The predicted molar refractivity (Wildman–Crippen MR) is 34.3 cm³/mol. The molecule has 0 aliphatic rings. The summed E-state index contributed by atoms with van der Waals surface area (Å²) in [6, 6.07) is 2.55. The molecule has 0 unspecified atom stereocenters. The zero-order valence-electron chi connectivity index (χ0n) is 4.70. The van der Waals surface area contributed by atoms with Crippen LogP contribution in [-0.2, 0) is 0 Å². The predicted octanol–water partition coefficient (Wildman–Crippen LogP) is 2.06. The molecule has 1 aromatic heterocycles. The number of rotatable bonds is 2. The van der Waals surface area contributed by atoms with Crippen LogP contribution in [0.4, 0.5) is 5.88 Å². The van der Waals surface area contributed by atoms with Gasteiger partial charge in [-0.25, -0.2) is 0 Å². The van der Waals surface area contributed by atoms with Gasteiger partial charge in [-0.2, -0.15) is 0 Å². The Hall–Kier alpha value is -1.16. The minimum absolute atomic E-state index is 0.0729. The van der Waals surface area contributed by atoms with E-state index in [-0.39, 0.29) is 11.6 Å². The van der Waals surface area contributed by atoms with Crippen LogP contribution >= 0.6 is 11.6 Å². The van der Waals surface area contributed by atoms with Crippen LogP contribution in [0.2, 0.25) is 0 Å². The Morgan fingerprint density at radius 1 is 1.60 bits per heavy atom. The fourth-order valence-corrected chi connectivity index (χ4v) is 0.584. The second-order valence-corrected chi connectivity index (χ2v) is 1.85. The van der Waals surface area contributed by atoms with Crippen LogP contribution < -0.4 is 0 Å². The highest BCUT2D eigenvalue weighted by Crippen LogP contribution is 2.16. The Kier molecular flexibility index (Phi) is 1.82. The summed E-state index contributed by atoms with van der Waals surface area (Å²) < 4.78 is 4.53. The normalized spacial score (nSPS) is 9.30. The number of nitroso groups, excluding NO2 is 1. The van der Waals surface area contributed by atoms with Crippen molar-refractivity contribution in [1.82, 2.24) is 0 Å². The van der Waals surface area contributed by atoms with Crippen LogP contribution in [0.25, 0.3) is 0 Å². The molecule has 0 aliphatic heterocycles. The first kappa shape index (κ1) is 6.95. The summed E-state index contributed by atoms with van der Waals surface area (Å²) in [4.78, 5) is 20.0. The van der Waals surface area contributed by atoms with E-state index in [2.05, 4.69) is 9.59 Å². The Bertz CT molecular complexity index is 268. The standard InChI is InChI=1S/C5H2ClNO3/c6-5(8)3-1-2-4(7-9)10-3/h1-2H. The summed E-state index contributed by atoms with van der Waals surface area (Å²) in [5, 5.41) is 1.71. The van der Waals surface area contributed by atoms with Crippen LogP contribution in [0.15, 0.2) is 21.7 Å². The first-order valence-electron chi connectivity index (χ1n) is 2.37. The van der Waals surface area contributed by atoms with E-state index in [1.165, 1.54) is 12.1 Å². The van der Waals surface area contributed by atoms with E-state index < -0.39 is 5.24 Å². The lowest BCUT2D eigenvalue weighted by Gasteiger charge is -1.79. The van der Waals surface area contributed by atoms with E-state index in [0.717, 1.165) is 0 Å². The molecule has 0 N–H and O–H groups in total. The molecule has 10 heavy (non-hydrogen) atoms. The van der Waals surface area contributed by atoms with Gasteiger partial charge >= 0.3 is 0 Å². The van der Waals surface area contributed by atoms with Crippen molar-refractivity contribution in [2.24, 2.45) is 5.18 Å². The molecule has 0 radical (unpaired) electrons. The van der Waals surface area contributed by atoms with Gasteiger partial charge < -0.3 is 4.42 Å². The second kappa shape index (κ2) is 2.62. The average molecular weight is 160 g/mol. The molecule has 1 rings (SSSR count). The highest BCUT2D eigenvalue weighted by molar-refractivity contribution is 6.67. The largest absolute Gasteiger partial charge is 0.431 e. The third kappa shape index (κ3) is 1.22. The van der Waals surface area contributed by atoms with Crippen molar-refractivity contribution < 1.29 is 9.21 Å². The van der Waals surface area contributed by atoms with Crippen LogP contribution in [0.5, 0.6) is 0 Å². The molecule has 52 valence electrons. The molecular weight excluding hydrogens is 158 g/mol. The van der Waals surface area contributed by atoms with Gasteiger partial charge in [-0.3, -0.25) is 4.79 Å². The lowest BCUT2D eigenvalue weighted by Crippen LogP contribution is -1.80. The molecule has 0 spiro atoms. The van der Waals surface area contributed by atoms with Crippen LogP contribution in [0, 0.1) is 4.91 Å². The van der Waals surface area contributed by atoms with Crippen molar-refractivity contribution in [3.8, 4) is 0 Å². The fraction of sp³-hybridized carbons (Fsp3) is 0. The van der Waals surface area contributed by atoms with Gasteiger partial charge in [0.1, 0.15) is 0 Å². The van der Waals surface area contributed by atoms with E-state index in [0.29, 0.717) is 0 Å². The van der Waals surface area contributed by atoms with Crippen LogP contribution in [0.3, 0.4) is 0 Å². The number of hydrogen-bond acceptors (Lipinski definition) is 4. The molecule has 0 saturated heterocycles. The van der Waals surface area contributed by atoms with Crippen molar-refractivity contribution >= 4 is 22.7 Å². The van der Waals surface area contributed by atoms with Crippen molar-refractivity contribution in [2.45, 2.75) is 0 Å². The van der Waals surface area contributed by atoms with E-state index in [4.69, 9.17) is 11.6 Å². The van der Waals surface area contributed by atoms with Gasteiger partial charge in [0.2, 0.25) is 0 Å². The first-order chi connectivity index (χ1) is 4.74. The summed E-state index contributed by atoms with van der Waals surface area (Å²) in [7, 11) is 0. The smallest absolute Gasteiger partial charge is 0.287 e. The monoisotopic (exact) mass is 159 g/mol. The zero-order valence-corrected chi connectivity index (χ0v) is 5.46. The average Bonchev–Trinajstić information content (AvgIpc) is 2.34. The molecule has 0 aliphatic carbocycles. The number of carbonyl (C=O) groups is 1. The molecule has 0 amide bonds. The highest BCUT2D eigenvalue weighted by Gasteiger charge is 2.06. The summed E-state index contributed by atoms with van der Waals surface area (Å²) in [5.74, 6) is -0.222. The quantitative estimate of drug-likeness (QED) is 0.490. The van der Waals surface area contributed by atoms with E-state index in [1.54, 1.807) is 0 Å². The summed E-state index contributed by atoms with van der Waals surface area (Å²) in [6.07, 6.45) is 0. The molecule has 0 fully saturated rings. The van der Waals surface area contributed by atoms with Gasteiger partial charge in [0.05, 0.1) is 0 Å². The number of carbonyl (C=O) groups excluding carboxylic acids is 1. The second-order valence-electron chi connectivity index (χ2n) is 1.50.